The minimum Gasteiger partial charge on any atom is -0.380 e. The van der Waals surface area contributed by atoms with Crippen molar-refractivity contribution in [1.82, 2.24) is 9.62 Å². The average Bonchev–Trinajstić information content (AvgIpc) is 3.04. The zero-order valence-corrected chi connectivity index (χ0v) is 29.9. The molecule has 0 bridgehead atoms. The summed E-state index contributed by atoms with van der Waals surface area (Å²) in [6.45, 7) is 12.6. The predicted octanol–water partition coefficient (Wildman–Crippen LogP) is 7.55. The number of nitro benzene ring substituents is 1. The van der Waals surface area contributed by atoms with Gasteiger partial charge in [0.05, 0.1) is 20.4 Å². The lowest BCUT2D eigenvalue weighted by Crippen LogP contribution is -2.47. The van der Waals surface area contributed by atoms with Gasteiger partial charge in [-0.25, -0.2) is 13.1 Å². The number of hydrogen-bond donors (Lipinski definition) is 2. The molecule has 2 N–H and O–H groups in total. The molecule has 3 aromatic rings. The summed E-state index contributed by atoms with van der Waals surface area (Å²) in [5, 5.41) is 15.2. The highest BCUT2D eigenvalue weighted by Gasteiger charge is 2.30. The van der Waals surface area contributed by atoms with Gasteiger partial charge < -0.3 is 10.2 Å². The summed E-state index contributed by atoms with van der Waals surface area (Å²) in [6, 6.07) is 15.5. The van der Waals surface area contributed by atoms with Gasteiger partial charge in [0.15, 0.2) is 0 Å². The lowest BCUT2D eigenvalue weighted by atomic mass is 9.72. The molecule has 5 rings (SSSR count). The first-order valence-corrected chi connectivity index (χ1v) is 18.3. The Morgan fingerprint density at radius 1 is 1.02 bits per heavy atom. The van der Waals surface area contributed by atoms with Crippen LogP contribution in [0.3, 0.4) is 0 Å². The molecule has 1 aliphatic carbocycles. The molecule has 0 atom stereocenters. The number of benzene rings is 3. The summed E-state index contributed by atoms with van der Waals surface area (Å²) in [7, 11) is -4.29. The number of carbonyl (C=O) groups is 1. The Balaban J connectivity index is 1.24. The van der Waals surface area contributed by atoms with E-state index in [-0.39, 0.29) is 37.8 Å². The summed E-state index contributed by atoms with van der Waals surface area (Å²) < 4.78 is 28.3. The lowest BCUT2D eigenvalue weighted by molar-refractivity contribution is -0.384. The van der Waals surface area contributed by atoms with Crippen LogP contribution in [0.25, 0.3) is 5.57 Å². The van der Waals surface area contributed by atoms with Crippen molar-refractivity contribution in [2.75, 3.05) is 49.5 Å². The smallest absolute Gasteiger partial charge is 0.293 e. The molecule has 1 aliphatic heterocycles. The van der Waals surface area contributed by atoms with E-state index in [0.29, 0.717) is 6.54 Å². The number of nitrogens with one attached hydrogen (secondary N) is 2. The first-order valence-electron chi connectivity index (χ1n) is 16.0. The molecule has 3 aromatic carbocycles. The van der Waals surface area contributed by atoms with Crippen LogP contribution in [0.4, 0.5) is 17.1 Å². The first-order chi connectivity index (χ1) is 22.7. The van der Waals surface area contributed by atoms with Crippen LogP contribution in [-0.2, 0) is 10.0 Å². The van der Waals surface area contributed by atoms with Gasteiger partial charge in [-0.15, -0.1) is 0 Å². The number of carbonyl (C=O) groups excluding carboxylic acids is 1. The van der Waals surface area contributed by atoms with E-state index in [1.807, 2.05) is 16.9 Å². The van der Waals surface area contributed by atoms with Crippen LogP contribution in [-0.4, -0.2) is 63.4 Å². The quantitative estimate of drug-likeness (QED) is 0.163. The Labute approximate surface area is 292 Å². The number of piperazine rings is 1. The number of rotatable bonds is 10. The molecular weight excluding hydrogens is 673 g/mol. The Hall–Kier alpha value is -3.64. The van der Waals surface area contributed by atoms with Gasteiger partial charge in [-0.05, 0) is 91.6 Å². The van der Waals surface area contributed by atoms with Gasteiger partial charge in [0.25, 0.3) is 21.6 Å². The SMILES string of the molecule is CCNc1c([N+](=O)[O-])cc(C(=O)NS(=O)(=O)c2ccc(N3CCN(CC4=C(c5ccc(Cl)cc5)CC(C)(C)CC4)CC3)cc2)c(Cl)c1C. The first kappa shape index (κ1) is 35.7. The topological polar surface area (TPSA) is 125 Å². The van der Waals surface area contributed by atoms with E-state index in [2.05, 4.69) is 41.1 Å². The monoisotopic (exact) mass is 713 g/mol. The van der Waals surface area contributed by atoms with Gasteiger partial charge >= 0.3 is 0 Å². The van der Waals surface area contributed by atoms with Crippen molar-refractivity contribution >= 4 is 61.8 Å². The second-order valence-electron chi connectivity index (χ2n) is 13.2. The average molecular weight is 715 g/mol. The van der Waals surface area contributed by atoms with Crippen molar-refractivity contribution in [3.05, 3.63) is 97.0 Å². The Morgan fingerprint density at radius 2 is 1.67 bits per heavy atom. The summed E-state index contributed by atoms with van der Waals surface area (Å²) in [5.74, 6) is -1.05. The zero-order chi connectivity index (χ0) is 34.8. The molecule has 0 aromatic heterocycles. The molecule has 1 saturated heterocycles. The fraction of sp³-hybridized carbons (Fsp3) is 0.400. The van der Waals surface area contributed by atoms with E-state index >= 15 is 0 Å². The van der Waals surface area contributed by atoms with Crippen molar-refractivity contribution in [3.63, 3.8) is 0 Å². The maximum absolute atomic E-state index is 13.2. The molecular formula is C35H41Cl2N5O5S. The Bertz CT molecular complexity index is 1840. The molecule has 0 spiro atoms. The van der Waals surface area contributed by atoms with Gasteiger partial charge in [0.1, 0.15) is 5.69 Å². The van der Waals surface area contributed by atoms with E-state index in [4.69, 9.17) is 23.2 Å². The van der Waals surface area contributed by atoms with Crippen molar-refractivity contribution in [3.8, 4) is 0 Å². The van der Waals surface area contributed by atoms with E-state index in [0.717, 1.165) is 68.8 Å². The van der Waals surface area contributed by atoms with Gasteiger partial charge in [-0.1, -0.05) is 54.8 Å². The third-order valence-electron chi connectivity index (χ3n) is 9.18. The number of anilines is 2. The molecule has 2 aliphatic rings. The fourth-order valence-corrected chi connectivity index (χ4v) is 7.78. The fourth-order valence-electron chi connectivity index (χ4n) is 6.46. The largest absolute Gasteiger partial charge is 0.380 e. The Kier molecular flexibility index (Phi) is 10.7. The third-order valence-corrected chi connectivity index (χ3v) is 11.3. The number of nitro groups is 1. The number of amides is 1. The van der Waals surface area contributed by atoms with Crippen molar-refractivity contribution in [1.29, 1.82) is 0 Å². The highest BCUT2D eigenvalue weighted by molar-refractivity contribution is 7.90. The molecule has 1 amide bonds. The van der Waals surface area contributed by atoms with Gasteiger partial charge in [-0.3, -0.25) is 19.8 Å². The molecule has 0 unspecified atom stereocenters. The third kappa shape index (κ3) is 7.97. The predicted molar refractivity (Wildman–Crippen MR) is 193 cm³/mol. The summed E-state index contributed by atoms with van der Waals surface area (Å²) in [4.78, 5) is 28.7. The molecule has 1 heterocycles. The van der Waals surface area contributed by atoms with Crippen LogP contribution in [0.15, 0.2) is 65.1 Å². The summed E-state index contributed by atoms with van der Waals surface area (Å²) in [6.07, 6.45) is 3.26. The molecule has 1 fully saturated rings. The lowest BCUT2D eigenvalue weighted by Gasteiger charge is -2.39. The van der Waals surface area contributed by atoms with Crippen LogP contribution in [0.2, 0.25) is 10.0 Å². The Morgan fingerprint density at radius 3 is 2.27 bits per heavy atom. The number of halogens is 2. The zero-order valence-electron chi connectivity index (χ0n) is 27.6. The maximum atomic E-state index is 13.2. The highest BCUT2D eigenvalue weighted by atomic mass is 35.5. The van der Waals surface area contributed by atoms with Gasteiger partial charge in [-0.2, -0.15) is 0 Å². The van der Waals surface area contributed by atoms with Crippen molar-refractivity contribution in [2.24, 2.45) is 5.41 Å². The number of sulfonamides is 1. The summed E-state index contributed by atoms with van der Waals surface area (Å²) in [5.41, 5.74) is 5.09. The molecule has 0 saturated carbocycles. The number of hydrogen-bond acceptors (Lipinski definition) is 8. The van der Waals surface area contributed by atoms with E-state index in [9.17, 15) is 23.3 Å². The van der Waals surface area contributed by atoms with Crippen molar-refractivity contribution < 1.29 is 18.1 Å². The van der Waals surface area contributed by atoms with Gasteiger partial charge in [0, 0.05) is 56.0 Å². The second-order valence-corrected chi connectivity index (χ2v) is 15.7. The molecule has 256 valence electrons. The summed E-state index contributed by atoms with van der Waals surface area (Å²) >= 11 is 12.5. The molecule has 0 radical (unpaired) electrons. The molecule has 10 nitrogen and oxygen atoms in total. The van der Waals surface area contributed by atoms with Crippen LogP contribution >= 0.6 is 23.2 Å². The van der Waals surface area contributed by atoms with Gasteiger partial charge in [0.2, 0.25) is 0 Å². The maximum Gasteiger partial charge on any atom is 0.293 e. The van der Waals surface area contributed by atoms with E-state index < -0.39 is 20.9 Å². The number of nitrogens with zero attached hydrogens (tertiary/aromatic N) is 3. The normalized spacial score (nSPS) is 16.9. The van der Waals surface area contributed by atoms with E-state index in [1.165, 1.54) is 35.8 Å². The van der Waals surface area contributed by atoms with Crippen LogP contribution < -0.4 is 14.9 Å². The minimum atomic E-state index is -4.29. The highest BCUT2D eigenvalue weighted by Crippen LogP contribution is 2.43. The minimum absolute atomic E-state index is 0.0661. The standard InChI is InChI=1S/C35H41Cl2N5O5S/c1-5-38-33-23(2)32(37)29(20-31(33)42(44)45)34(43)39-48(46,47)28-12-10-27(11-13-28)41-18-16-40(17-19-41)22-25-14-15-35(3,4)21-30(25)24-6-8-26(36)9-7-24/h6-13,20,38H,5,14-19,21-22H2,1-4H3,(H,39,43). The van der Waals surface area contributed by atoms with Crippen LogP contribution in [0.5, 0.6) is 0 Å². The van der Waals surface area contributed by atoms with E-state index in [1.54, 1.807) is 19.1 Å². The second kappa shape index (κ2) is 14.5. The van der Waals surface area contributed by atoms with Crippen molar-refractivity contribution in [2.45, 2.75) is 51.9 Å². The van der Waals surface area contributed by atoms with Crippen LogP contribution in [0.1, 0.15) is 61.5 Å². The molecule has 48 heavy (non-hydrogen) atoms. The molecule has 13 heteroatoms. The number of allylic oxidation sites excluding steroid dienone is 1. The van der Waals surface area contributed by atoms with Crippen LogP contribution in [0, 0.1) is 22.5 Å².